The number of nitrogens with zero attached hydrogens (tertiary/aromatic N) is 1. The molecule has 6 atom stereocenters. The predicted molar refractivity (Wildman–Crippen MR) is 131 cm³/mol. The lowest BCUT2D eigenvalue weighted by molar-refractivity contribution is -0.146. The molecule has 3 N–H and O–H groups in total. The Kier molecular flexibility index (Phi) is 5.84. The van der Waals surface area contributed by atoms with Gasteiger partial charge in [0.25, 0.3) is 0 Å². The van der Waals surface area contributed by atoms with Crippen LogP contribution in [-0.2, 0) is 19.1 Å². The molecule has 3 amide bonds. The zero-order valence-corrected chi connectivity index (χ0v) is 20.4. The second-order valence-electron chi connectivity index (χ2n) is 10.3. The second-order valence-corrected chi connectivity index (χ2v) is 10.3. The Morgan fingerprint density at radius 1 is 1.14 bits per heavy atom. The van der Waals surface area contributed by atoms with Gasteiger partial charge in [-0.1, -0.05) is 37.3 Å². The van der Waals surface area contributed by atoms with Crippen LogP contribution in [0.3, 0.4) is 0 Å². The van der Waals surface area contributed by atoms with Gasteiger partial charge >= 0.3 is 0 Å². The maximum atomic E-state index is 13.9. The van der Waals surface area contributed by atoms with Crippen LogP contribution in [0.5, 0.6) is 0 Å². The number of hydrogen-bond acceptors (Lipinski definition) is 5. The maximum absolute atomic E-state index is 13.9. The van der Waals surface area contributed by atoms with E-state index < -0.39 is 29.1 Å². The highest BCUT2D eigenvalue weighted by atomic mass is 16.5. The van der Waals surface area contributed by atoms with Crippen molar-refractivity contribution in [2.45, 2.75) is 50.4 Å². The number of unbranched alkanes of at least 4 members (excludes halogenated alkanes) is 1. The first kappa shape index (κ1) is 23.8. The summed E-state index contributed by atoms with van der Waals surface area (Å²) in [6.07, 6.45) is 1.61. The molecule has 3 aliphatic rings. The third kappa shape index (κ3) is 3.45. The van der Waals surface area contributed by atoms with Gasteiger partial charge in [-0.15, -0.1) is 0 Å². The number of aliphatic hydroxyl groups is 1. The van der Waals surface area contributed by atoms with Gasteiger partial charge < -0.3 is 25.4 Å². The minimum absolute atomic E-state index is 0.00205. The van der Waals surface area contributed by atoms with E-state index in [2.05, 4.69) is 10.6 Å². The van der Waals surface area contributed by atoms with Gasteiger partial charge in [-0.25, -0.2) is 0 Å². The SMILES string of the molecule is CNC(=O)[C@H]1[C@H]2C(=O)N(CCCCO)C(C(=O)Nc3ccc4ccccc4c3)C23CC(C)[C@]1(C)O3. The number of benzene rings is 2. The van der Waals surface area contributed by atoms with Crippen molar-refractivity contribution < 1.29 is 24.2 Å². The predicted octanol–water partition coefficient (Wildman–Crippen LogP) is 2.31. The van der Waals surface area contributed by atoms with Crippen molar-refractivity contribution in [3.8, 4) is 0 Å². The van der Waals surface area contributed by atoms with Crippen LogP contribution in [0.25, 0.3) is 10.8 Å². The van der Waals surface area contributed by atoms with Crippen LogP contribution in [0.2, 0.25) is 0 Å². The van der Waals surface area contributed by atoms with Crippen LogP contribution in [0, 0.1) is 17.8 Å². The van der Waals surface area contributed by atoms with Crippen molar-refractivity contribution in [2.24, 2.45) is 17.8 Å². The molecule has 3 aliphatic heterocycles. The summed E-state index contributed by atoms with van der Waals surface area (Å²) in [5, 5.41) is 17.1. The molecule has 3 saturated heterocycles. The first-order valence-corrected chi connectivity index (χ1v) is 12.4. The molecule has 0 aliphatic carbocycles. The Bertz CT molecular complexity index is 1180. The summed E-state index contributed by atoms with van der Waals surface area (Å²) in [6, 6.07) is 12.8. The van der Waals surface area contributed by atoms with Crippen LogP contribution in [0.1, 0.15) is 33.1 Å². The first-order chi connectivity index (χ1) is 16.8. The van der Waals surface area contributed by atoms with E-state index in [0.717, 1.165) is 10.8 Å². The van der Waals surface area contributed by atoms with Gasteiger partial charge in [0.2, 0.25) is 17.7 Å². The van der Waals surface area contributed by atoms with Gasteiger partial charge in [0.1, 0.15) is 11.6 Å². The largest absolute Gasteiger partial charge is 0.396 e. The van der Waals surface area contributed by atoms with Gasteiger partial charge in [0.05, 0.1) is 17.4 Å². The van der Waals surface area contributed by atoms with Crippen molar-refractivity contribution in [2.75, 3.05) is 25.5 Å². The number of rotatable bonds is 7. The van der Waals surface area contributed by atoms with E-state index in [1.165, 1.54) is 0 Å². The Morgan fingerprint density at radius 2 is 1.89 bits per heavy atom. The summed E-state index contributed by atoms with van der Waals surface area (Å²) in [7, 11) is 1.57. The highest BCUT2D eigenvalue weighted by molar-refractivity contribution is 6.04. The number of aliphatic hydroxyl groups excluding tert-OH is 1. The highest BCUT2D eigenvalue weighted by Crippen LogP contribution is 2.65. The molecular weight excluding hydrogens is 446 g/mol. The highest BCUT2D eigenvalue weighted by Gasteiger charge is 2.79. The van der Waals surface area contributed by atoms with E-state index in [1.807, 2.05) is 56.3 Å². The van der Waals surface area contributed by atoms with E-state index in [0.29, 0.717) is 31.5 Å². The number of amides is 3. The minimum Gasteiger partial charge on any atom is -0.396 e. The minimum atomic E-state index is -1.07. The van der Waals surface area contributed by atoms with Crippen molar-refractivity contribution in [1.82, 2.24) is 10.2 Å². The standard InChI is InChI=1S/C27H33N3O5/c1-16-15-27-21(20(23(32)28-3)26(16,2)35-27)25(34)30(12-6-7-13-31)22(27)24(33)29-19-11-10-17-8-4-5-9-18(17)14-19/h4-5,8-11,14,16,20-22,31H,6-7,12-13,15H2,1-3H3,(H,28,32)(H,29,33)/t16?,20-,21+,22?,26+,27?/m1/s1. The van der Waals surface area contributed by atoms with Gasteiger partial charge in [-0.2, -0.15) is 0 Å². The van der Waals surface area contributed by atoms with Crippen LogP contribution in [0.4, 0.5) is 5.69 Å². The Labute approximate surface area is 205 Å². The number of carbonyl (C=O) groups excluding carboxylic acids is 3. The molecule has 3 heterocycles. The van der Waals surface area contributed by atoms with Crippen LogP contribution in [0.15, 0.2) is 42.5 Å². The molecule has 0 radical (unpaired) electrons. The Balaban J connectivity index is 1.52. The van der Waals surface area contributed by atoms with Crippen molar-refractivity contribution in [1.29, 1.82) is 0 Å². The Hall–Kier alpha value is -2.97. The lowest BCUT2D eigenvalue weighted by Crippen LogP contribution is -2.54. The average Bonchev–Trinajstić information content (AvgIpc) is 3.35. The topological polar surface area (TPSA) is 108 Å². The molecule has 2 bridgehead atoms. The summed E-state index contributed by atoms with van der Waals surface area (Å²) in [5.41, 5.74) is -1.24. The monoisotopic (exact) mass is 479 g/mol. The normalized spacial score (nSPS) is 33.3. The van der Waals surface area contributed by atoms with E-state index in [1.54, 1.807) is 11.9 Å². The van der Waals surface area contributed by atoms with E-state index in [-0.39, 0.29) is 30.2 Å². The molecule has 2 aromatic rings. The van der Waals surface area contributed by atoms with Gasteiger partial charge in [0.15, 0.2) is 0 Å². The molecule has 8 heteroatoms. The smallest absolute Gasteiger partial charge is 0.250 e. The molecule has 0 saturated carbocycles. The molecule has 0 aromatic heterocycles. The average molecular weight is 480 g/mol. The number of carbonyl (C=O) groups is 3. The van der Waals surface area contributed by atoms with E-state index >= 15 is 0 Å². The summed E-state index contributed by atoms with van der Waals surface area (Å²) < 4.78 is 6.63. The van der Waals surface area contributed by atoms with E-state index in [9.17, 15) is 19.5 Å². The van der Waals surface area contributed by atoms with Crippen molar-refractivity contribution in [3.63, 3.8) is 0 Å². The maximum Gasteiger partial charge on any atom is 0.250 e. The summed E-state index contributed by atoms with van der Waals surface area (Å²) in [4.78, 5) is 42.3. The van der Waals surface area contributed by atoms with Gasteiger partial charge in [-0.05, 0) is 55.0 Å². The van der Waals surface area contributed by atoms with E-state index in [4.69, 9.17) is 4.74 Å². The quantitative estimate of drug-likeness (QED) is 0.528. The lowest BCUT2D eigenvalue weighted by Gasteiger charge is -2.36. The number of ether oxygens (including phenoxy) is 1. The fourth-order valence-corrected chi connectivity index (χ4v) is 6.71. The van der Waals surface area contributed by atoms with Gasteiger partial charge in [-0.3, -0.25) is 14.4 Å². The zero-order chi connectivity index (χ0) is 25.0. The van der Waals surface area contributed by atoms with Crippen molar-refractivity contribution in [3.05, 3.63) is 42.5 Å². The third-order valence-electron chi connectivity index (χ3n) is 8.42. The van der Waals surface area contributed by atoms with Crippen LogP contribution < -0.4 is 10.6 Å². The molecule has 1 spiro atoms. The summed E-state index contributed by atoms with van der Waals surface area (Å²) >= 11 is 0. The van der Waals surface area contributed by atoms with Crippen molar-refractivity contribution >= 4 is 34.2 Å². The number of nitrogens with one attached hydrogen (secondary N) is 2. The molecule has 186 valence electrons. The molecule has 3 fully saturated rings. The van der Waals surface area contributed by atoms with Crippen LogP contribution in [-0.4, -0.2) is 65.2 Å². The summed E-state index contributed by atoms with van der Waals surface area (Å²) in [6.45, 7) is 4.25. The fraction of sp³-hybridized carbons (Fsp3) is 0.519. The molecule has 5 rings (SSSR count). The summed E-state index contributed by atoms with van der Waals surface area (Å²) in [5.74, 6) is -2.14. The Morgan fingerprint density at radius 3 is 2.60 bits per heavy atom. The van der Waals surface area contributed by atoms with Crippen LogP contribution >= 0.6 is 0 Å². The molecule has 3 unspecified atom stereocenters. The molecule has 8 nitrogen and oxygen atoms in total. The molecule has 35 heavy (non-hydrogen) atoms. The molecular formula is C27H33N3O5. The van der Waals surface area contributed by atoms with Gasteiger partial charge in [0, 0.05) is 25.9 Å². The zero-order valence-electron chi connectivity index (χ0n) is 20.4. The lowest BCUT2D eigenvalue weighted by atomic mass is 9.62. The third-order valence-corrected chi connectivity index (χ3v) is 8.42. The number of likely N-dealkylation sites (tertiary alicyclic amines) is 1. The second kappa shape index (κ2) is 8.60. The number of fused-ring (bicyclic) bond motifs is 2. The molecule has 2 aromatic carbocycles. The fourth-order valence-electron chi connectivity index (χ4n) is 6.71. The first-order valence-electron chi connectivity index (χ1n) is 12.4. The number of anilines is 1. The number of hydrogen-bond donors (Lipinski definition) is 3.